The molecule has 0 aromatic carbocycles. The highest BCUT2D eigenvalue weighted by Crippen LogP contribution is 2.01. The van der Waals surface area contributed by atoms with Gasteiger partial charge in [-0.15, -0.1) is 0 Å². The van der Waals surface area contributed by atoms with Gasteiger partial charge in [0.15, 0.2) is 0 Å². The minimum Gasteiger partial charge on any atom is -0.396 e. The van der Waals surface area contributed by atoms with Crippen LogP contribution in [0.25, 0.3) is 0 Å². The zero-order valence-electron chi connectivity index (χ0n) is 8.62. The van der Waals surface area contributed by atoms with Gasteiger partial charge in [-0.25, -0.2) is 0 Å². The highest BCUT2D eigenvalue weighted by Gasteiger charge is 2.08. The fourth-order valence-corrected chi connectivity index (χ4v) is 0.972. The summed E-state index contributed by atoms with van der Waals surface area (Å²) in [4.78, 5) is 21.9. The molecule has 0 unspecified atom stereocenters. The fraction of sp³-hybridized carbons (Fsp3) is 0.800. The van der Waals surface area contributed by atoms with Crippen molar-refractivity contribution < 1.29 is 19.4 Å². The second-order valence-electron chi connectivity index (χ2n) is 3.13. The molecule has 0 aliphatic carbocycles. The van der Waals surface area contributed by atoms with Crippen molar-refractivity contribution in [3.05, 3.63) is 0 Å². The van der Waals surface area contributed by atoms with Crippen LogP contribution in [0.5, 0.6) is 0 Å². The molecule has 0 saturated heterocycles. The standard InChI is InChI=1S/C10H18O4/c1-2-3-4-6-9(12)14-10(13)7-5-8-11/h11H,2-8H2,1H3. The Kier molecular flexibility index (Phi) is 8.13. The Hall–Kier alpha value is -0.900. The van der Waals surface area contributed by atoms with Crippen LogP contribution in [-0.4, -0.2) is 23.7 Å². The second-order valence-corrected chi connectivity index (χ2v) is 3.13. The summed E-state index contributed by atoms with van der Waals surface area (Å²) in [6, 6.07) is 0. The normalized spacial score (nSPS) is 9.86. The largest absolute Gasteiger partial charge is 0.396 e. The lowest BCUT2D eigenvalue weighted by atomic mass is 10.2. The molecule has 14 heavy (non-hydrogen) atoms. The first kappa shape index (κ1) is 13.1. The predicted molar refractivity (Wildman–Crippen MR) is 51.6 cm³/mol. The van der Waals surface area contributed by atoms with E-state index in [0.29, 0.717) is 12.8 Å². The van der Waals surface area contributed by atoms with Gasteiger partial charge < -0.3 is 9.84 Å². The molecule has 4 heteroatoms. The smallest absolute Gasteiger partial charge is 0.313 e. The number of aliphatic hydroxyl groups excluding tert-OH is 1. The lowest BCUT2D eigenvalue weighted by Gasteiger charge is -2.01. The van der Waals surface area contributed by atoms with E-state index < -0.39 is 11.9 Å². The molecular weight excluding hydrogens is 184 g/mol. The Balaban J connectivity index is 3.45. The number of carbonyl (C=O) groups is 2. The summed E-state index contributed by atoms with van der Waals surface area (Å²) in [7, 11) is 0. The Morgan fingerprint density at radius 3 is 2.14 bits per heavy atom. The Morgan fingerprint density at radius 2 is 1.64 bits per heavy atom. The number of aliphatic hydroxyl groups is 1. The summed E-state index contributed by atoms with van der Waals surface area (Å²) in [5, 5.41) is 8.43. The third-order valence-electron chi connectivity index (χ3n) is 1.75. The molecule has 0 aliphatic rings. The number of esters is 2. The molecule has 82 valence electrons. The SMILES string of the molecule is CCCCCC(=O)OC(=O)CCCO. The van der Waals surface area contributed by atoms with Gasteiger partial charge in [0.1, 0.15) is 0 Å². The minimum atomic E-state index is -0.541. The van der Waals surface area contributed by atoms with E-state index in [1.807, 2.05) is 6.92 Å². The fourth-order valence-electron chi connectivity index (χ4n) is 0.972. The molecule has 0 saturated carbocycles. The van der Waals surface area contributed by atoms with Gasteiger partial charge in [-0.1, -0.05) is 19.8 Å². The summed E-state index contributed by atoms with van der Waals surface area (Å²) < 4.78 is 4.51. The second kappa shape index (κ2) is 8.69. The molecule has 0 atom stereocenters. The number of unbranched alkanes of at least 4 members (excludes halogenated alkanes) is 2. The van der Waals surface area contributed by atoms with Crippen LogP contribution in [-0.2, 0) is 14.3 Å². The number of hydrogen-bond donors (Lipinski definition) is 1. The number of rotatable bonds is 7. The number of hydrogen-bond acceptors (Lipinski definition) is 4. The highest BCUT2D eigenvalue weighted by atomic mass is 16.6. The van der Waals surface area contributed by atoms with E-state index in [4.69, 9.17) is 5.11 Å². The monoisotopic (exact) mass is 202 g/mol. The zero-order chi connectivity index (χ0) is 10.8. The first-order valence-electron chi connectivity index (χ1n) is 5.05. The molecule has 0 spiro atoms. The van der Waals surface area contributed by atoms with Crippen LogP contribution in [0.3, 0.4) is 0 Å². The summed E-state index contributed by atoms with van der Waals surface area (Å²) in [5.41, 5.74) is 0. The molecule has 0 rings (SSSR count). The van der Waals surface area contributed by atoms with Gasteiger partial charge in [0.2, 0.25) is 0 Å². The van der Waals surface area contributed by atoms with Crippen LogP contribution in [0.4, 0.5) is 0 Å². The Bertz CT molecular complexity index is 177. The quantitative estimate of drug-likeness (QED) is 0.385. The zero-order valence-corrected chi connectivity index (χ0v) is 8.62. The van der Waals surface area contributed by atoms with E-state index in [1.54, 1.807) is 0 Å². The van der Waals surface area contributed by atoms with Crippen molar-refractivity contribution in [3.8, 4) is 0 Å². The lowest BCUT2D eigenvalue weighted by Crippen LogP contribution is -2.12. The van der Waals surface area contributed by atoms with Gasteiger partial charge in [0, 0.05) is 19.4 Å². The minimum absolute atomic E-state index is 0.0564. The van der Waals surface area contributed by atoms with E-state index >= 15 is 0 Å². The molecule has 0 radical (unpaired) electrons. The van der Waals surface area contributed by atoms with Crippen molar-refractivity contribution in [2.75, 3.05) is 6.61 Å². The van der Waals surface area contributed by atoms with Gasteiger partial charge in [-0.05, 0) is 12.8 Å². The maximum Gasteiger partial charge on any atom is 0.313 e. The molecule has 0 aromatic rings. The van der Waals surface area contributed by atoms with Crippen molar-refractivity contribution >= 4 is 11.9 Å². The maximum atomic E-state index is 11.0. The van der Waals surface area contributed by atoms with Gasteiger partial charge in [-0.2, -0.15) is 0 Å². The Morgan fingerprint density at radius 1 is 1.07 bits per heavy atom. The number of ether oxygens (including phenoxy) is 1. The molecule has 0 aromatic heterocycles. The first-order chi connectivity index (χ1) is 6.70. The summed E-state index contributed by atoms with van der Waals surface area (Å²) >= 11 is 0. The maximum absolute atomic E-state index is 11.0. The van der Waals surface area contributed by atoms with Crippen LogP contribution in [0.2, 0.25) is 0 Å². The van der Waals surface area contributed by atoms with Gasteiger partial charge in [0.25, 0.3) is 0 Å². The average molecular weight is 202 g/mol. The molecule has 4 nitrogen and oxygen atoms in total. The average Bonchev–Trinajstić information content (AvgIpc) is 2.15. The van der Waals surface area contributed by atoms with Crippen LogP contribution in [0.1, 0.15) is 45.4 Å². The van der Waals surface area contributed by atoms with Crippen LogP contribution < -0.4 is 0 Å². The van der Waals surface area contributed by atoms with Crippen molar-refractivity contribution in [1.29, 1.82) is 0 Å². The third kappa shape index (κ3) is 7.73. The molecule has 0 heterocycles. The third-order valence-corrected chi connectivity index (χ3v) is 1.75. The van der Waals surface area contributed by atoms with E-state index in [2.05, 4.69) is 4.74 Å². The summed E-state index contributed by atoms with van der Waals surface area (Å²) in [6.45, 7) is 1.98. The van der Waals surface area contributed by atoms with E-state index in [9.17, 15) is 9.59 Å². The van der Waals surface area contributed by atoms with E-state index in [0.717, 1.165) is 19.3 Å². The van der Waals surface area contributed by atoms with Crippen LogP contribution >= 0.6 is 0 Å². The first-order valence-corrected chi connectivity index (χ1v) is 5.05. The Labute approximate surface area is 84.3 Å². The van der Waals surface area contributed by atoms with Crippen LogP contribution in [0.15, 0.2) is 0 Å². The van der Waals surface area contributed by atoms with Crippen molar-refractivity contribution in [2.45, 2.75) is 45.4 Å². The topological polar surface area (TPSA) is 63.6 Å². The summed E-state index contributed by atoms with van der Waals surface area (Å²) in [6.07, 6.45) is 3.53. The molecule has 0 fully saturated rings. The van der Waals surface area contributed by atoms with Gasteiger partial charge in [0.05, 0.1) is 0 Å². The summed E-state index contributed by atoms with van der Waals surface area (Å²) in [5.74, 6) is -0.998. The number of carbonyl (C=O) groups excluding carboxylic acids is 2. The van der Waals surface area contributed by atoms with Crippen LogP contribution in [0, 0.1) is 0 Å². The van der Waals surface area contributed by atoms with Gasteiger partial charge >= 0.3 is 11.9 Å². The molecular formula is C10H18O4. The molecule has 0 aliphatic heterocycles. The van der Waals surface area contributed by atoms with Crippen molar-refractivity contribution in [3.63, 3.8) is 0 Å². The van der Waals surface area contributed by atoms with Crippen molar-refractivity contribution in [2.24, 2.45) is 0 Å². The molecule has 0 bridgehead atoms. The van der Waals surface area contributed by atoms with E-state index in [1.165, 1.54) is 0 Å². The van der Waals surface area contributed by atoms with Gasteiger partial charge in [-0.3, -0.25) is 9.59 Å². The predicted octanol–water partition coefficient (Wildman–Crippen LogP) is 1.41. The van der Waals surface area contributed by atoms with Crippen molar-refractivity contribution in [1.82, 2.24) is 0 Å². The lowest BCUT2D eigenvalue weighted by molar-refractivity contribution is -0.159. The molecule has 1 N–H and O–H groups in total. The molecule has 0 amide bonds. The van der Waals surface area contributed by atoms with E-state index in [-0.39, 0.29) is 13.0 Å². The highest BCUT2D eigenvalue weighted by molar-refractivity contribution is 5.85.